The predicted octanol–water partition coefficient (Wildman–Crippen LogP) is 5.12. The van der Waals surface area contributed by atoms with Gasteiger partial charge in [0.2, 0.25) is 0 Å². The Hall–Kier alpha value is -1.58. The normalized spacial score (nSPS) is 28.9. The number of benzene rings is 2. The van der Waals surface area contributed by atoms with Gasteiger partial charge < -0.3 is 9.64 Å². The summed E-state index contributed by atoms with van der Waals surface area (Å²) in [5.74, 6) is 1.50. The van der Waals surface area contributed by atoms with Crippen molar-refractivity contribution >= 4 is 11.6 Å². The summed E-state index contributed by atoms with van der Waals surface area (Å²) >= 11 is 5.95. The van der Waals surface area contributed by atoms with Crippen molar-refractivity contribution in [2.75, 3.05) is 13.7 Å². The third kappa shape index (κ3) is 3.40. The molecule has 2 fully saturated rings. The number of nitrogens with zero attached hydrogens (tertiary/aromatic N) is 1. The lowest BCUT2D eigenvalue weighted by molar-refractivity contribution is 0.0665. The van der Waals surface area contributed by atoms with Gasteiger partial charge in [-0.1, -0.05) is 23.7 Å². The highest BCUT2D eigenvalue weighted by atomic mass is 35.5. The van der Waals surface area contributed by atoms with E-state index in [1.54, 1.807) is 12.1 Å². The smallest absolute Gasteiger partial charge is 0.123 e. The molecule has 0 aromatic heterocycles. The van der Waals surface area contributed by atoms with Gasteiger partial charge in [0.05, 0.1) is 6.61 Å². The molecule has 0 N–H and O–H groups in total. The van der Waals surface area contributed by atoms with Gasteiger partial charge in [-0.15, -0.1) is 0 Å². The predicted molar refractivity (Wildman–Crippen MR) is 98.8 cm³/mol. The van der Waals surface area contributed by atoms with E-state index in [4.69, 9.17) is 16.3 Å². The number of halogens is 2. The van der Waals surface area contributed by atoms with Crippen LogP contribution in [0.1, 0.15) is 30.7 Å². The third-order valence-corrected chi connectivity index (χ3v) is 6.24. The zero-order chi connectivity index (χ0) is 17.4. The highest BCUT2D eigenvalue weighted by Gasteiger charge is 2.46. The molecule has 4 rings (SSSR count). The maximum atomic E-state index is 13.3. The highest BCUT2D eigenvalue weighted by Crippen LogP contribution is 2.46. The van der Waals surface area contributed by atoms with Crippen LogP contribution in [-0.4, -0.2) is 30.6 Å². The van der Waals surface area contributed by atoms with Gasteiger partial charge >= 0.3 is 0 Å². The second-order valence-corrected chi connectivity index (χ2v) is 7.72. The van der Waals surface area contributed by atoms with Crippen LogP contribution < -0.4 is 4.74 Å². The molecule has 0 spiro atoms. The van der Waals surface area contributed by atoms with Gasteiger partial charge in [0, 0.05) is 23.0 Å². The Kier molecular flexibility index (Phi) is 4.70. The first-order valence-electron chi connectivity index (χ1n) is 8.97. The summed E-state index contributed by atoms with van der Waals surface area (Å²) in [5.41, 5.74) is 1.23. The number of rotatable bonds is 4. The van der Waals surface area contributed by atoms with E-state index in [0.717, 1.165) is 12.2 Å². The minimum absolute atomic E-state index is 0.173. The summed E-state index contributed by atoms with van der Waals surface area (Å²) in [7, 11) is 2.23. The molecule has 2 saturated heterocycles. The van der Waals surface area contributed by atoms with Crippen molar-refractivity contribution < 1.29 is 9.13 Å². The van der Waals surface area contributed by atoms with E-state index in [9.17, 15) is 4.39 Å². The average Bonchev–Trinajstić information content (AvgIpc) is 2.86. The molecule has 2 aliphatic heterocycles. The van der Waals surface area contributed by atoms with Crippen LogP contribution >= 0.6 is 11.6 Å². The van der Waals surface area contributed by atoms with Crippen LogP contribution in [0.25, 0.3) is 0 Å². The van der Waals surface area contributed by atoms with Crippen molar-refractivity contribution in [3.05, 3.63) is 64.9 Å². The molecule has 132 valence electrons. The summed E-state index contributed by atoms with van der Waals surface area (Å²) < 4.78 is 19.5. The molecule has 2 aromatic rings. The van der Waals surface area contributed by atoms with Gasteiger partial charge in [-0.2, -0.15) is 0 Å². The zero-order valence-electron chi connectivity index (χ0n) is 14.4. The van der Waals surface area contributed by atoms with Crippen molar-refractivity contribution in [1.82, 2.24) is 4.90 Å². The zero-order valence-corrected chi connectivity index (χ0v) is 15.1. The van der Waals surface area contributed by atoms with Gasteiger partial charge in [-0.3, -0.25) is 0 Å². The van der Waals surface area contributed by atoms with Crippen molar-refractivity contribution in [2.24, 2.45) is 5.92 Å². The Morgan fingerprint density at radius 3 is 2.52 bits per heavy atom. The fraction of sp³-hybridized carbons (Fsp3) is 0.429. The molecule has 2 heterocycles. The summed E-state index contributed by atoms with van der Waals surface area (Å²) in [6, 6.07) is 15.7. The van der Waals surface area contributed by atoms with Gasteiger partial charge in [0.25, 0.3) is 0 Å². The number of piperidine rings is 1. The summed E-state index contributed by atoms with van der Waals surface area (Å²) in [5, 5.41) is 0.715. The molecule has 2 bridgehead atoms. The first kappa shape index (κ1) is 16.9. The molecule has 0 aliphatic carbocycles. The Morgan fingerprint density at radius 1 is 1.08 bits per heavy atom. The van der Waals surface area contributed by atoms with E-state index in [1.807, 2.05) is 36.4 Å². The highest BCUT2D eigenvalue weighted by molar-refractivity contribution is 6.30. The molecule has 2 aliphatic rings. The molecule has 4 atom stereocenters. The maximum Gasteiger partial charge on any atom is 0.123 e. The van der Waals surface area contributed by atoms with Crippen molar-refractivity contribution in [3.63, 3.8) is 0 Å². The van der Waals surface area contributed by atoms with Crippen molar-refractivity contribution in [1.29, 1.82) is 0 Å². The molecular formula is C21H23ClFNO. The quantitative estimate of drug-likeness (QED) is 0.750. The van der Waals surface area contributed by atoms with Crippen molar-refractivity contribution in [3.8, 4) is 5.75 Å². The molecule has 4 unspecified atom stereocenters. The van der Waals surface area contributed by atoms with E-state index in [1.165, 1.54) is 18.4 Å². The second-order valence-electron chi connectivity index (χ2n) is 7.29. The number of hydrogen-bond donors (Lipinski definition) is 0. The Morgan fingerprint density at radius 2 is 1.80 bits per heavy atom. The van der Waals surface area contributed by atoms with Gasteiger partial charge in [-0.05, 0) is 74.2 Å². The lowest BCUT2D eigenvalue weighted by atomic mass is 9.76. The topological polar surface area (TPSA) is 12.5 Å². The average molecular weight is 360 g/mol. The fourth-order valence-corrected chi connectivity index (χ4v) is 4.75. The van der Waals surface area contributed by atoms with Crippen molar-refractivity contribution in [2.45, 2.75) is 37.3 Å². The van der Waals surface area contributed by atoms with Crippen LogP contribution in [0.2, 0.25) is 5.02 Å². The van der Waals surface area contributed by atoms with Crippen LogP contribution in [0.15, 0.2) is 48.5 Å². The Bertz CT molecular complexity index is 718. The summed E-state index contributed by atoms with van der Waals surface area (Å²) in [6.07, 6.45) is 3.58. The van der Waals surface area contributed by atoms with Crippen LogP contribution in [0.3, 0.4) is 0 Å². The van der Waals surface area contributed by atoms with Gasteiger partial charge in [-0.25, -0.2) is 4.39 Å². The van der Waals surface area contributed by atoms with E-state index in [2.05, 4.69) is 11.9 Å². The molecule has 25 heavy (non-hydrogen) atoms. The molecule has 0 saturated carbocycles. The monoisotopic (exact) mass is 359 g/mol. The van der Waals surface area contributed by atoms with E-state index in [0.29, 0.717) is 35.5 Å². The van der Waals surface area contributed by atoms with Crippen LogP contribution in [0.5, 0.6) is 5.75 Å². The van der Waals surface area contributed by atoms with Gasteiger partial charge in [0.15, 0.2) is 0 Å². The third-order valence-electron chi connectivity index (χ3n) is 5.99. The van der Waals surface area contributed by atoms with Crippen LogP contribution in [0, 0.1) is 11.7 Å². The SMILES string of the molecule is CN1C2CCC1C(COc1ccc(Cl)cc1)C(c1ccc(F)cc1)C2. The lowest BCUT2D eigenvalue weighted by Gasteiger charge is -2.43. The van der Waals surface area contributed by atoms with E-state index in [-0.39, 0.29) is 5.82 Å². The molecule has 4 heteroatoms. The van der Waals surface area contributed by atoms with E-state index >= 15 is 0 Å². The van der Waals surface area contributed by atoms with Gasteiger partial charge in [0.1, 0.15) is 11.6 Å². The maximum absolute atomic E-state index is 13.3. The Labute approximate surface area is 153 Å². The lowest BCUT2D eigenvalue weighted by Crippen LogP contribution is -2.47. The first-order valence-corrected chi connectivity index (χ1v) is 9.35. The molecule has 2 nitrogen and oxygen atoms in total. The van der Waals surface area contributed by atoms with Crippen LogP contribution in [0.4, 0.5) is 4.39 Å². The molecular weight excluding hydrogens is 337 g/mol. The minimum Gasteiger partial charge on any atom is -0.493 e. The number of ether oxygens (including phenoxy) is 1. The summed E-state index contributed by atoms with van der Waals surface area (Å²) in [4.78, 5) is 2.52. The number of fused-ring (bicyclic) bond motifs is 2. The van der Waals surface area contributed by atoms with Crippen LogP contribution in [-0.2, 0) is 0 Å². The van der Waals surface area contributed by atoms with E-state index < -0.39 is 0 Å². The fourth-order valence-electron chi connectivity index (χ4n) is 4.62. The Balaban J connectivity index is 1.56. The standard InChI is InChI=1S/C21H23ClFNO/c1-24-17-8-11-21(24)20(13-25-18-9-4-15(22)5-10-18)19(12-17)14-2-6-16(23)7-3-14/h2-7,9-10,17,19-21H,8,11-13H2,1H3. The number of hydrogen-bond acceptors (Lipinski definition) is 2. The minimum atomic E-state index is -0.173. The largest absolute Gasteiger partial charge is 0.493 e. The second kappa shape index (κ2) is 6.97. The summed E-state index contributed by atoms with van der Waals surface area (Å²) in [6.45, 7) is 0.672. The molecule has 0 radical (unpaired) electrons. The molecule has 2 aromatic carbocycles. The first-order chi connectivity index (χ1) is 12.1. The molecule has 0 amide bonds.